The van der Waals surface area contributed by atoms with Crippen molar-refractivity contribution in [2.75, 3.05) is 0 Å². The van der Waals surface area contributed by atoms with Gasteiger partial charge in [0.25, 0.3) is 11.0 Å². The lowest BCUT2D eigenvalue weighted by Gasteiger charge is -2.12. The molecule has 0 spiro atoms. The molecule has 11 aromatic heterocycles. The maximum atomic E-state index is 11.5. The zero-order chi connectivity index (χ0) is 97.8. The van der Waals surface area contributed by atoms with Crippen molar-refractivity contribution in [1.29, 1.82) is 0 Å². The molecule has 0 amide bonds. The third-order valence-corrected chi connectivity index (χ3v) is 43.3. The SMILES string of the molecule is C.C.C.C.C.C.C.CC.CC.CC.CC.CC.CC.CC.CC.CC.CC.CC.CC.CC.CC.O=C1CCCC(O)=C1[I+]c1cccs1.c1ccc([I+]c2cccs2)cc1.c1ccc([I+]c2cnc3ccccn23)cc1.c1ccc2c(c1)[I+]c1ccccc1-2.c1cnc2ccc3c(c2c1)[I+]c1c(ccc2ncccc12)C3.c1csc([I+]c2cccs2)c1.c1csc([I+]c2cnc3ccccn23)c1. The Kier molecular flexibility index (Phi) is 104. The molecule has 0 unspecified atom stereocenters. The van der Waals surface area contributed by atoms with Crippen LogP contribution >= 0.6 is 56.7 Å². The van der Waals surface area contributed by atoms with Crippen molar-refractivity contribution in [3.8, 4) is 11.1 Å². The normalized spacial score (nSPS) is 9.75. The van der Waals surface area contributed by atoms with Gasteiger partial charge in [-0.15, -0.1) is 0 Å². The molecular formula is C118H174I7N6O2S5+7. The quantitative estimate of drug-likeness (QED) is 0.137. The van der Waals surface area contributed by atoms with Crippen molar-refractivity contribution in [3.63, 3.8) is 0 Å². The minimum atomic E-state index is -0.439. The van der Waals surface area contributed by atoms with Crippen molar-refractivity contribution in [2.24, 2.45) is 0 Å². The van der Waals surface area contributed by atoms with E-state index in [1.165, 1.54) is 60.5 Å². The number of allylic oxidation sites excluding steroid dienone is 2. The van der Waals surface area contributed by atoms with Crippen LogP contribution in [0.4, 0.5) is 0 Å². The summed E-state index contributed by atoms with van der Waals surface area (Å²) in [7, 11) is 0. The fraction of sp³-hybridized carbons (Fsp3) is 0.331. The molecule has 0 atom stereocenters. The number of halogens is 7. The van der Waals surface area contributed by atoms with E-state index in [-0.39, 0.29) is 185 Å². The Labute approximate surface area is 935 Å². The van der Waals surface area contributed by atoms with Crippen LogP contribution in [0.15, 0.2) is 328 Å². The number of nitrogens with zero attached hydrogens (tertiary/aromatic N) is 6. The average molecular weight is 2760 g/mol. The Morgan fingerprint density at radius 1 is 0.304 bits per heavy atom. The molecule has 0 saturated carbocycles. The lowest BCUT2D eigenvalue weighted by molar-refractivity contribution is -0.604. The molecule has 760 valence electrons. The number of thiophene rings is 5. The molecule has 2 aliphatic heterocycles. The second kappa shape index (κ2) is 97.4. The Morgan fingerprint density at radius 3 is 0.993 bits per heavy atom. The van der Waals surface area contributed by atoms with Crippen molar-refractivity contribution >= 4 is 95.6 Å². The summed E-state index contributed by atoms with van der Waals surface area (Å²) in [6.45, 7) is 56.0. The van der Waals surface area contributed by atoms with Gasteiger partial charge in [-0.3, -0.25) is 23.6 Å². The van der Waals surface area contributed by atoms with E-state index >= 15 is 0 Å². The molecule has 0 bridgehead atoms. The number of carbonyl (C=O) groups excluding carboxylic acids is 1. The van der Waals surface area contributed by atoms with Gasteiger partial charge in [-0.2, -0.15) is 0 Å². The largest absolute Gasteiger partial charge is 0.507 e. The summed E-state index contributed by atoms with van der Waals surface area (Å²) in [4.78, 5) is 29.4. The van der Waals surface area contributed by atoms with Gasteiger partial charge in [-0.05, 0) is 173 Å². The summed E-state index contributed by atoms with van der Waals surface area (Å²) >= 11 is 8.60. The molecule has 1 aliphatic carbocycles. The highest BCUT2D eigenvalue weighted by Crippen LogP contribution is 2.24. The molecule has 138 heavy (non-hydrogen) atoms. The number of Topliss-reactive ketones (excluding diaryl/α,β-unsaturated/α-hetero) is 1. The second-order valence-electron chi connectivity index (χ2n) is 22.2. The van der Waals surface area contributed by atoms with Crippen molar-refractivity contribution in [1.82, 2.24) is 28.7 Å². The zero-order valence-electron chi connectivity index (χ0n) is 82.7. The molecule has 0 saturated heterocycles. The summed E-state index contributed by atoms with van der Waals surface area (Å²) in [5, 5.41) is 22.9. The van der Waals surface area contributed by atoms with E-state index < -0.39 is 21.2 Å². The van der Waals surface area contributed by atoms with E-state index in [9.17, 15) is 9.90 Å². The van der Waals surface area contributed by atoms with Crippen LogP contribution in [-0.2, 0) is 11.2 Å². The zero-order valence-corrected chi connectivity index (χ0v) is 102. The van der Waals surface area contributed by atoms with Crippen molar-refractivity contribution < 1.29 is 158 Å². The van der Waals surface area contributed by atoms with Crippen LogP contribution in [0, 0.1) is 43.2 Å². The van der Waals surface area contributed by atoms with Gasteiger partial charge >= 0.3 is 148 Å². The monoisotopic (exact) mass is 2760 g/mol. The highest BCUT2D eigenvalue weighted by atomic mass is 127. The summed E-state index contributed by atoms with van der Waals surface area (Å²) < 4.78 is 24.3. The number of rotatable bonds is 10. The van der Waals surface area contributed by atoms with Crippen molar-refractivity contribution in [2.45, 2.75) is 272 Å². The Hall–Kier alpha value is -5.66. The fourth-order valence-corrected chi connectivity index (χ4v) is 36.0. The number of aromatic nitrogens is 6. The average Bonchev–Trinajstić information content (AvgIpc) is 1.21. The highest BCUT2D eigenvalue weighted by Gasteiger charge is 2.36. The molecule has 8 nitrogen and oxygen atoms in total. The van der Waals surface area contributed by atoms with Gasteiger partial charge in [0.1, 0.15) is 29.4 Å². The maximum absolute atomic E-state index is 11.5. The minimum Gasteiger partial charge on any atom is -0.507 e. The number of fused-ring (bicyclic) bond motifs is 11. The van der Waals surface area contributed by atoms with Gasteiger partial charge in [0.2, 0.25) is 34.5 Å². The highest BCUT2D eigenvalue weighted by molar-refractivity contribution is 7.08. The summed E-state index contributed by atoms with van der Waals surface area (Å²) in [6.07, 6.45) is 15.1. The summed E-state index contributed by atoms with van der Waals surface area (Å²) in [6, 6.07) is 90.0. The number of aliphatic hydroxyl groups is 1. The van der Waals surface area contributed by atoms with Gasteiger partial charge in [-0.25, -0.2) is 9.97 Å². The molecule has 0 fully saturated rings. The number of carbonyl (C=O) groups is 1. The first kappa shape index (κ1) is 148. The summed E-state index contributed by atoms with van der Waals surface area (Å²) in [5.41, 5.74) is 10.2. The number of aliphatic hydroxyl groups excluding tert-OH is 1. The molecule has 3 aliphatic rings. The Morgan fingerprint density at radius 2 is 0.630 bits per heavy atom. The standard InChI is InChI=1S/C19H12IN2.C13H10IN2.C12H8I.C11H8IN2S.C10H9IO2S.C10H8IS.C8H6IS2.14C2H6.7CH4/c1-3-14-16(21-9-1)7-5-12-11-13-6-8-17-15(4-2-10-22-17)19(13)20-18(12)14;1-2-6-11(7-3-1)14-12-10-15-13-8-4-5-9-16(12)13;1-3-7-11-9(5-1)10-6-2-4-8-12(10)13-11;1-2-6-14-9(8-13-11(14)5-1)12-10-4-3-7-15-10;12-7-3-1-4-8(13)10(7)11-9-5-2-6-14-9;1-2-5-9(6-3-1)11-10-7-4-8-12-10;1-3-7(10-5-1)9-8-4-2-6-11-8;14*1-2;;;;;;;/h1-10H,11H2;1-10H;1-8H;1-8H;2,5-6H,1,3-4H2;1-8H;1-6H;14*1-2H3;7*1H4/q4*+1;;2*+1;;;;;;;;;;;;;;;;;;;;;/p+1. The number of ketones is 1. The Bertz CT molecular complexity index is 5410. The molecule has 20 rings (SSSR count). The van der Waals surface area contributed by atoms with Crippen molar-refractivity contribution in [3.05, 3.63) is 383 Å². The number of benzene rings is 6. The van der Waals surface area contributed by atoms with Crippen LogP contribution in [0.2, 0.25) is 0 Å². The third kappa shape index (κ3) is 51.7. The first-order valence-electron chi connectivity index (χ1n) is 46.4. The predicted octanol–water partition coefficient (Wildman–Crippen LogP) is 17.8. The van der Waals surface area contributed by atoms with Crippen LogP contribution in [0.1, 0.15) is 276 Å². The first-order chi connectivity index (χ1) is 64.9. The number of hydrogen-bond acceptors (Lipinski definition) is 11. The van der Waals surface area contributed by atoms with E-state index in [1.807, 2.05) is 324 Å². The van der Waals surface area contributed by atoms with Crippen LogP contribution in [0.5, 0.6) is 0 Å². The third-order valence-electron chi connectivity index (χ3n) is 15.3. The van der Waals surface area contributed by atoms with E-state index in [1.54, 1.807) is 27.1 Å². The van der Waals surface area contributed by atoms with Crippen LogP contribution in [0.3, 0.4) is 0 Å². The van der Waals surface area contributed by atoms with Gasteiger partial charge < -0.3 is 5.11 Å². The minimum absolute atomic E-state index is 0. The van der Waals surface area contributed by atoms with Crippen LogP contribution < -0.4 is 148 Å². The van der Waals surface area contributed by atoms with Gasteiger partial charge in [0.15, 0.2) is 7.14 Å². The smallest absolute Gasteiger partial charge is 0.392 e. The molecule has 20 heteroatoms. The lowest BCUT2D eigenvalue weighted by atomic mass is 10.0. The second-order valence-corrected chi connectivity index (χ2v) is 50.5. The number of imidazole rings is 2. The van der Waals surface area contributed by atoms with Gasteiger partial charge in [-0.1, -0.05) is 387 Å². The topological polar surface area (TPSA) is 97.7 Å². The molecular weight excluding hydrogens is 2580 g/mol. The van der Waals surface area contributed by atoms with E-state index in [0.29, 0.717) is 18.6 Å². The summed E-state index contributed by atoms with van der Waals surface area (Å²) in [5.74, 6) is 0.511. The predicted molar refractivity (Wildman–Crippen MR) is 601 cm³/mol. The lowest BCUT2D eigenvalue weighted by Crippen LogP contribution is -3.62. The molecule has 1 N–H and O–H groups in total. The molecule has 6 aromatic carbocycles. The van der Waals surface area contributed by atoms with E-state index in [0.717, 1.165) is 38.7 Å². The van der Waals surface area contributed by atoms with Crippen LogP contribution in [-0.4, -0.2) is 39.6 Å². The van der Waals surface area contributed by atoms with Gasteiger partial charge in [0, 0.05) is 96.6 Å². The molecule has 17 aromatic rings. The number of hydrogen-bond donors (Lipinski definition) is 1. The molecule has 0 radical (unpaired) electrons. The molecule has 13 heterocycles. The number of pyridine rings is 4. The van der Waals surface area contributed by atoms with E-state index in [4.69, 9.17) is 0 Å². The first-order valence-corrected chi connectivity index (χ1v) is 65.9. The maximum Gasteiger partial charge on any atom is 0.392 e. The Balaban J connectivity index is -0.000000228. The van der Waals surface area contributed by atoms with Crippen LogP contribution in [0.25, 0.3) is 44.2 Å². The fourth-order valence-electron chi connectivity index (χ4n) is 10.6. The van der Waals surface area contributed by atoms with E-state index in [2.05, 4.69) is 263 Å². The van der Waals surface area contributed by atoms with Gasteiger partial charge in [0.05, 0.1) is 21.8 Å².